The zero-order chi connectivity index (χ0) is 24.6. The normalized spacial score (nSPS) is 11.5. The Morgan fingerprint density at radius 1 is 0.735 bits per heavy atom. The Balaban J connectivity index is 1.60. The van der Waals surface area contributed by atoms with Crippen LogP contribution in [-0.4, -0.2) is 12.7 Å². The molecule has 0 aliphatic heterocycles. The van der Waals surface area contributed by atoms with Gasteiger partial charge in [-0.25, -0.2) is 4.39 Å². The fourth-order valence-electron chi connectivity index (χ4n) is 3.57. The van der Waals surface area contributed by atoms with Crippen LogP contribution >= 0.6 is 0 Å². The molecular weight excluding hydrogens is 444 g/mol. The van der Waals surface area contributed by atoms with Crippen LogP contribution in [0.5, 0.6) is 11.5 Å². The lowest BCUT2D eigenvalue weighted by atomic mass is 10.0. The Labute approximate surface area is 198 Å². The second-order valence-electron chi connectivity index (χ2n) is 8.27. The molecular formula is C28H30F4O2. The molecule has 3 rings (SSSR count). The number of benzene rings is 3. The summed E-state index contributed by atoms with van der Waals surface area (Å²) in [5, 5.41) is 0. The Bertz CT molecular complexity index is 1050. The third-order valence-corrected chi connectivity index (χ3v) is 5.50. The molecule has 0 N–H and O–H groups in total. The third kappa shape index (κ3) is 6.99. The fraction of sp³-hybridized carbons (Fsp3) is 0.357. The number of aryl methyl sites for hydroxylation is 2. The lowest BCUT2D eigenvalue weighted by molar-refractivity contribution is -0.180. The average Bonchev–Trinajstić information content (AvgIpc) is 2.82. The third-order valence-electron chi connectivity index (χ3n) is 5.50. The Hall–Kier alpha value is -3.02. The van der Waals surface area contributed by atoms with Crippen molar-refractivity contribution in [2.75, 3.05) is 6.61 Å². The molecule has 0 saturated heterocycles. The second-order valence-corrected chi connectivity index (χ2v) is 8.27. The SMILES string of the molecule is CCCCOc1ccc(-c2ccc(CCC(F)(F)Oc3ccc(CCC)cc3)cc2)c(F)c1F. The summed E-state index contributed by atoms with van der Waals surface area (Å²) >= 11 is 0. The van der Waals surface area contributed by atoms with Gasteiger partial charge in [0.15, 0.2) is 11.6 Å². The highest BCUT2D eigenvalue weighted by molar-refractivity contribution is 5.65. The minimum absolute atomic E-state index is 0.0717. The molecule has 0 amide bonds. The van der Waals surface area contributed by atoms with Crippen molar-refractivity contribution in [3.8, 4) is 22.6 Å². The van der Waals surface area contributed by atoms with Crippen LogP contribution < -0.4 is 9.47 Å². The maximum atomic E-state index is 14.6. The van der Waals surface area contributed by atoms with E-state index in [1.54, 1.807) is 48.5 Å². The van der Waals surface area contributed by atoms with Gasteiger partial charge in [0.25, 0.3) is 0 Å². The summed E-state index contributed by atoms with van der Waals surface area (Å²) in [6, 6.07) is 16.0. The predicted molar refractivity (Wildman–Crippen MR) is 127 cm³/mol. The molecule has 0 spiro atoms. The van der Waals surface area contributed by atoms with E-state index < -0.39 is 24.2 Å². The molecule has 0 aromatic heterocycles. The molecule has 0 aliphatic carbocycles. The van der Waals surface area contributed by atoms with Gasteiger partial charge in [-0.2, -0.15) is 13.2 Å². The van der Waals surface area contributed by atoms with E-state index in [4.69, 9.17) is 9.47 Å². The van der Waals surface area contributed by atoms with Gasteiger partial charge >= 0.3 is 6.11 Å². The summed E-state index contributed by atoms with van der Waals surface area (Å²) in [6.07, 6.45) is -0.250. The zero-order valence-electron chi connectivity index (χ0n) is 19.6. The molecule has 0 bridgehead atoms. The molecule has 6 heteroatoms. The highest BCUT2D eigenvalue weighted by atomic mass is 19.3. The molecule has 0 fully saturated rings. The van der Waals surface area contributed by atoms with Crippen molar-refractivity contribution in [3.05, 3.63) is 83.4 Å². The van der Waals surface area contributed by atoms with Gasteiger partial charge in [0.05, 0.1) is 13.0 Å². The molecule has 0 heterocycles. The van der Waals surface area contributed by atoms with Crippen LogP contribution in [0.3, 0.4) is 0 Å². The number of halogens is 4. The summed E-state index contributed by atoms with van der Waals surface area (Å²) in [5.41, 5.74) is 2.27. The van der Waals surface area contributed by atoms with E-state index in [2.05, 4.69) is 6.92 Å². The van der Waals surface area contributed by atoms with E-state index in [9.17, 15) is 17.6 Å². The van der Waals surface area contributed by atoms with E-state index in [0.29, 0.717) is 17.7 Å². The highest BCUT2D eigenvalue weighted by Crippen LogP contribution is 2.31. The molecule has 182 valence electrons. The average molecular weight is 475 g/mol. The smallest absolute Gasteiger partial charge is 0.398 e. The van der Waals surface area contributed by atoms with Gasteiger partial charge in [0.1, 0.15) is 5.75 Å². The van der Waals surface area contributed by atoms with Gasteiger partial charge in [-0.1, -0.05) is 63.1 Å². The molecule has 0 aliphatic rings. The molecule has 34 heavy (non-hydrogen) atoms. The predicted octanol–water partition coefficient (Wildman–Crippen LogP) is 8.37. The van der Waals surface area contributed by atoms with Crippen molar-refractivity contribution in [3.63, 3.8) is 0 Å². The zero-order valence-corrected chi connectivity index (χ0v) is 19.6. The number of hydrogen-bond donors (Lipinski definition) is 0. The first-order valence-corrected chi connectivity index (χ1v) is 11.7. The van der Waals surface area contributed by atoms with E-state index >= 15 is 0 Å². The molecule has 3 aromatic carbocycles. The van der Waals surface area contributed by atoms with Crippen LogP contribution in [0.1, 0.15) is 50.7 Å². The fourth-order valence-corrected chi connectivity index (χ4v) is 3.57. The van der Waals surface area contributed by atoms with Crippen molar-refractivity contribution in [1.29, 1.82) is 0 Å². The van der Waals surface area contributed by atoms with Crippen LogP contribution in [0.15, 0.2) is 60.7 Å². The standard InChI is InChI=1S/C28H30F4O2/c1-3-5-19-33-25-16-15-24(26(29)27(25)30)22-11-7-21(8-12-22)17-18-28(31,32)34-23-13-9-20(6-4-2)10-14-23/h7-16H,3-6,17-19H2,1-2H3. The monoisotopic (exact) mass is 474 g/mol. The van der Waals surface area contributed by atoms with Crippen LogP contribution in [0.2, 0.25) is 0 Å². The lowest BCUT2D eigenvalue weighted by Gasteiger charge is -2.18. The first kappa shape index (κ1) is 25.6. The van der Waals surface area contributed by atoms with Crippen LogP contribution in [0, 0.1) is 11.6 Å². The van der Waals surface area contributed by atoms with Crippen molar-refractivity contribution in [2.24, 2.45) is 0 Å². The van der Waals surface area contributed by atoms with E-state index in [1.807, 2.05) is 6.92 Å². The topological polar surface area (TPSA) is 18.5 Å². The van der Waals surface area contributed by atoms with Gasteiger partial charge < -0.3 is 9.47 Å². The highest BCUT2D eigenvalue weighted by Gasteiger charge is 2.31. The van der Waals surface area contributed by atoms with Gasteiger partial charge in [0, 0.05) is 5.56 Å². The molecule has 0 saturated carbocycles. The number of ether oxygens (including phenoxy) is 2. The van der Waals surface area contributed by atoms with Gasteiger partial charge in [-0.05, 0) is 60.2 Å². The largest absolute Gasteiger partial charge is 0.490 e. The number of rotatable bonds is 12. The van der Waals surface area contributed by atoms with Gasteiger partial charge in [-0.15, -0.1) is 0 Å². The van der Waals surface area contributed by atoms with Crippen LogP contribution in [0.25, 0.3) is 11.1 Å². The molecule has 0 radical (unpaired) electrons. The molecule has 2 nitrogen and oxygen atoms in total. The quantitative estimate of drug-likeness (QED) is 0.194. The molecule has 0 atom stereocenters. The number of alkyl halides is 2. The minimum atomic E-state index is -3.33. The van der Waals surface area contributed by atoms with Gasteiger partial charge in [0.2, 0.25) is 5.82 Å². The van der Waals surface area contributed by atoms with Crippen molar-refractivity contribution in [2.45, 2.75) is 58.5 Å². The lowest BCUT2D eigenvalue weighted by Crippen LogP contribution is -2.25. The van der Waals surface area contributed by atoms with Gasteiger partial charge in [-0.3, -0.25) is 0 Å². The maximum Gasteiger partial charge on any atom is 0.398 e. The van der Waals surface area contributed by atoms with Crippen molar-refractivity contribution < 1.29 is 27.0 Å². The summed E-state index contributed by atoms with van der Waals surface area (Å²) in [5.74, 6) is -2.02. The van der Waals surface area contributed by atoms with E-state index in [-0.39, 0.29) is 23.5 Å². The first-order chi connectivity index (χ1) is 16.3. The van der Waals surface area contributed by atoms with Crippen molar-refractivity contribution >= 4 is 0 Å². The Morgan fingerprint density at radius 2 is 1.38 bits per heavy atom. The first-order valence-electron chi connectivity index (χ1n) is 11.7. The molecule has 3 aromatic rings. The summed E-state index contributed by atoms with van der Waals surface area (Å²) in [7, 11) is 0. The van der Waals surface area contributed by atoms with Crippen molar-refractivity contribution in [1.82, 2.24) is 0 Å². The summed E-state index contributed by atoms with van der Waals surface area (Å²) in [4.78, 5) is 0. The maximum absolute atomic E-state index is 14.6. The van der Waals surface area contributed by atoms with E-state index in [0.717, 1.165) is 31.2 Å². The Morgan fingerprint density at radius 3 is 2.03 bits per heavy atom. The van der Waals surface area contributed by atoms with E-state index in [1.165, 1.54) is 12.1 Å². The second kappa shape index (κ2) is 11.9. The molecule has 0 unspecified atom stereocenters. The minimum Gasteiger partial charge on any atom is -0.490 e. The number of hydrogen-bond acceptors (Lipinski definition) is 2. The summed E-state index contributed by atoms with van der Waals surface area (Å²) in [6.45, 7) is 4.35. The summed E-state index contributed by atoms with van der Waals surface area (Å²) < 4.78 is 67.7. The van der Waals surface area contributed by atoms with Crippen LogP contribution in [0.4, 0.5) is 17.6 Å². The number of unbranched alkanes of at least 4 members (excludes halogenated alkanes) is 1. The van der Waals surface area contributed by atoms with Crippen LogP contribution in [-0.2, 0) is 12.8 Å². The Kier molecular flexibility index (Phi) is 8.97.